The third kappa shape index (κ3) is 3.82. The molecule has 0 spiro atoms. The van der Waals surface area contributed by atoms with Crippen LogP contribution in [0.2, 0.25) is 0 Å². The highest BCUT2D eigenvalue weighted by Gasteiger charge is 2.29. The zero-order valence-corrected chi connectivity index (χ0v) is 13.0. The molecule has 0 saturated heterocycles. The van der Waals surface area contributed by atoms with Crippen LogP contribution in [0.15, 0.2) is 17.3 Å². The van der Waals surface area contributed by atoms with E-state index in [1.165, 1.54) is 12.4 Å². The Kier molecular flexibility index (Phi) is 4.67. The van der Waals surface area contributed by atoms with Crippen molar-refractivity contribution in [1.82, 2.24) is 14.5 Å². The number of hydrogen-bond acceptors (Lipinski definition) is 4. The molecule has 0 aliphatic heterocycles. The van der Waals surface area contributed by atoms with Crippen molar-refractivity contribution in [1.29, 1.82) is 0 Å². The Balaban J connectivity index is 2.00. The second kappa shape index (κ2) is 6.15. The zero-order valence-electron chi connectivity index (χ0n) is 12.2. The highest BCUT2D eigenvalue weighted by molar-refractivity contribution is 7.89. The van der Waals surface area contributed by atoms with E-state index in [1.54, 1.807) is 4.68 Å². The largest absolute Gasteiger partial charge is 0.481 e. The number of carbonyl (C=O) groups is 1. The molecule has 0 atom stereocenters. The second-order valence-electron chi connectivity index (χ2n) is 5.76. The number of nitrogens with zero attached hydrogens (tertiary/aromatic N) is 2. The van der Waals surface area contributed by atoms with Crippen LogP contribution in [0.25, 0.3) is 0 Å². The molecule has 1 saturated carbocycles. The van der Waals surface area contributed by atoms with Gasteiger partial charge in [-0.15, -0.1) is 0 Å². The van der Waals surface area contributed by atoms with E-state index in [4.69, 9.17) is 5.11 Å². The molecule has 1 aromatic rings. The summed E-state index contributed by atoms with van der Waals surface area (Å²) in [7, 11) is -3.59. The molecule has 0 amide bonds. The van der Waals surface area contributed by atoms with Crippen LogP contribution in [-0.4, -0.2) is 35.3 Å². The van der Waals surface area contributed by atoms with Gasteiger partial charge in [-0.3, -0.25) is 9.48 Å². The maximum Gasteiger partial charge on any atom is 0.306 e. The summed E-state index contributed by atoms with van der Waals surface area (Å²) in [5, 5.41) is 13.0. The summed E-state index contributed by atoms with van der Waals surface area (Å²) < 4.78 is 28.8. The van der Waals surface area contributed by atoms with Gasteiger partial charge in [-0.2, -0.15) is 5.10 Å². The van der Waals surface area contributed by atoms with Crippen molar-refractivity contribution in [2.24, 2.45) is 5.92 Å². The maximum atomic E-state index is 12.3. The molecular formula is C13H21N3O4S. The number of nitrogens with one attached hydrogen (secondary N) is 1. The van der Waals surface area contributed by atoms with Crippen molar-refractivity contribution < 1.29 is 18.3 Å². The lowest BCUT2D eigenvalue weighted by Gasteiger charge is -2.26. The first kappa shape index (κ1) is 16.0. The SMILES string of the molecule is CC(C)n1cc(S(=O)(=O)NC2CCC(C(=O)O)CC2)cn1. The molecule has 1 heterocycles. The Morgan fingerprint density at radius 3 is 2.48 bits per heavy atom. The molecule has 7 nitrogen and oxygen atoms in total. The predicted molar refractivity (Wildman–Crippen MR) is 76.3 cm³/mol. The summed E-state index contributed by atoms with van der Waals surface area (Å²) in [6, 6.07) is -0.104. The number of carboxylic acid groups (broad SMARTS) is 1. The van der Waals surface area contributed by atoms with Crippen LogP contribution in [0.3, 0.4) is 0 Å². The van der Waals surface area contributed by atoms with Gasteiger partial charge in [0, 0.05) is 18.3 Å². The highest BCUT2D eigenvalue weighted by Crippen LogP contribution is 2.25. The zero-order chi connectivity index (χ0) is 15.6. The maximum absolute atomic E-state index is 12.3. The summed E-state index contributed by atoms with van der Waals surface area (Å²) in [6.45, 7) is 3.84. The Labute approximate surface area is 124 Å². The molecule has 2 rings (SSSR count). The van der Waals surface area contributed by atoms with Crippen molar-refractivity contribution in [2.45, 2.75) is 56.5 Å². The van der Waals surface area contributed by atoms with Crippen molar-refractivity contribution in [3.8, 4) is 0 Å². The normalized spacial score (nSPS) is 23.4. The Hall–Kier alpha value is -1.41. The van der Waals surface area contributed by atoms with Crippen molar-refractivity contribution in [3.05, 3.63) is 12.4 Å². The van der Waals surface area contributed by atoms with Gasteiger partial charge in [0.15, 0.2) is 0 Å². The molecule has 21 heavy (non-hydrogen) atoms. The van der Waals surface area contributed by atoms with E-state index < -0.39 is 16.0 Å². The van der Waals surface area contributed by atoms with E-state index in [1.807, 2.05) is 13.8 Å². The van der Waals surface area contributed by atoms with Gasteiger partial charge >= 0.3 is 5.97 Å². The third-order valence-corrected chi connectivity index (χ3v) is 5.29. The Morgan fingerprint density at radius 2 is 2.00 bits per heavy atom. The fraction of sp³-hybridized carbons (Fsp3) is 0.692. The standard InChI is InChI=1S/C13H21N3O4S/c1-9(2)16-8-12(7-14-16)21(19,20)15-11-5-3-10(4-6-11)13(17)18/h7-11,15H,3-6H2,1-2H3,(H,17,18). The molecule has 0 unspecified atom stereocenters. The lowest BCUT2D eigenvalue weighted by atomic mass is 9.87. The Bertz CT molecular complexity index is 601. The van der Waals surface area contributed by atoms with E-state index in [0.717, 1.165) is 0 Å². The number of sulfonamides is 1. The summed E-state index contributed by atoms with van der Waals surface area (Å²) in [4.78, 5) is 11.0. The van der Waals surface area contributed by atoms with Crippen LogP contribution in [0.4, 0.5) is 0 Å². The second-order valence-corrected chi connectivity index (χ2v) is 7.47. The average Bonchev–Trinajstić information content (AvgIpc) is 2.89. The van der Waals surface area contributed by atoms with Gasteiger partial charge in [0.25, 0.3) is 0 Å². The van der Waals surface area contributed by atoms with Crippen LogP contribution in [0.1, 0.15) is 45.6 Å². The number of aliphatic carboxylic acids is 1. The first-order chi connectivity index (χ1) is 9.79. The molecular weight excluding hydrogens is 294 g/mol. The monoisotopic (exact) mass is 315 g/mol. The minimum absolute atomic E-state index is 0.0972. The van der Waals surface area contributed by atoms with Crippen LogP contribution in [0, 0.1) is 5.92 Å². The highest BCUT2D eigenvalue weighted by atomic mass is 32.2. The summed E-state index contributed by atoms with van der Waals surface area (Å²) >= 11 is 0. The summed E-state index contributed by atoms with van der Waals surface area (Å²) in [6.07, 6.45) is 4.96. The molecule has 8 heteroatoms. The minimum Gasteiger partial charge on any atom is -0.481 e. The van der Waals surface area contributed by atoms with E-state index in [2.05, 4.69) is 9.82 Å². The number of aromatic nitrogens is 2. The molecule has 1 aliphatic carbocycles. The Morgan fingerprint density at radius 1 is 1.38 bits per heavy atom. The molecule has 1 aromatic heterocycles. The summed E-state index contributed by atoms with van der Waals surface area (Å²) in [5.74, 6) is -1.15. The number of rotatable bonds is 5. The van der Waals surface area contributed by atoms with Crippen LogP contribution < -0.4 is 4.72 Å². The minimum atomic E-state index is -3.59. The summed E-state index contributed by atoms with van der Waals surface area (Å²) in [5.41, 5.74) is 0. The first-order valence-electron chi connectivity index (χ1n) is 7.09. The van der Waals surface area contributed by atoms with E-state index in [-0.39, 0.29) is 22.9 Å². The molecule has 0 radical (unpaired) electrons. The predicted octanol–water partition coefficient (Wildman–Crippen LogP) is 1.39. The number of carboxylic acids is 1. The van der Waals surface area contributed by atoms with E-state index >= 15 is 0 Å². The van der Waals surface area contributed by atoms with Gasteiger partial charge in [-0.1, -0.05) is 0 Å². The van der Waals surface area contributed by atoms with Gasteiger partial charge in [-0.25, -0.2) is 13.1 Å². The first-order valence-corrected chi connectivity index (χ1v) is 8.57. The molecule has 1 fully saturated rings. The number of hydrogen-bond donors (Lipinski definition) is 2. The van der Waals surface area contributed by atoms with Gasteiger partial charge in [0.05, 0.1) is 12.1 Å². The lowest BCUT2D eigenvalue weighted by molar-refractivity contribution is -0.142. The van der Waals surface area contributed by atoms with Gasteiger partial charge < -0.3 is 5.11 Å². The van der Waals surface area contributed by atoms with Crippen molar-refractivity contribution in [3.63, 3.8) is 0 Å². The molecule has 1 aliphatic rings. The molecule has 0 bridgehead atoms. The fourth-order valence-corrected chi connectivity index (χ4v) is 3.73. The molecule has 0 aromatic carbocycles. The van der Waals surface area contributed by atoms with Gasteiger partial charge in [0.1, 0.15) is 4.90 Å². The third-order valence-electron chi connectivity index (χ3n) is 3.82. The average molecular weight is 315 g/mol. The quantitative estimate of drug-likeness (QED) is 0.855. The van der Waals surface area contributed by atoms with Gasteiger partial charge in [-0.05, 0) is 39.5 Å². The van der Waals surface area contributed by atoms with E-state index in [9.17, 15) is 13.2 Å². The topological polar surface area (TPSA) is 101 Å². The van der Waals surface area contributed by atoms with Crippen LogP contribution in [-0.2, 0) is 14.8 Å². The molecule has 2 N–H and O–H groups in total. The lowest BCUT2D eigenvalue weighted by Crippen LogP contribution is -2.38. The van der Waals surface area contributed by atoms with Crippen molar-refractivity contribution >= 4 is 16.0 Å². The van der Waals surface area contributed by atoms with Crippen LogP contribution in [0.5, 0.6) is 0 Å². The van der Waals surface area contributed by atoms with Gasteiger partial charge in [0.2, 0.25) is 10.0 Å². The van der Waals surface area contributed by atoms with E-state index in [0.29, 0.717) is 25.7 Å². The fourth-order valence-electron chi connectivity index (χ4n) is 2.49. The molecule has 118 valence electrons. The van der Waals surface area contributed by atoms with Crippen LogP contribution >= 0.6 is 0 Å². The smallest absolute Gasteiger partial charge is 0.306 e. The van der Waals surface area contributed by atoms with Crippen molar-refractivity contribution in [2.75, 3.05) is 0 Å².